The van der Waals surface area contributed by atoms with Crippen LogP contribution in [0.2, 0.25) is 0 Å². The number of alkyl halides is 1. The lowest BCUT2D eigenvalue weighted by Gasteiger charge is -1.79. The summed E-state index contributed by atoms with van der Waals surface area (Å²) >= 11 is 0. The second kappa shape index (κ2) is 6.07. The summed E-state index contributed by atoms with van der Waals surface area (Å²) in [4.78, 5) is 3.45. The van der Waals surface area contributed by atoms with Gasteiger partial charge in [-0.05, 0) is 13.0 Å². The first-order valence-electron chi connectivity index (χ1n) is 2.71. The van der Waals surface area contributed by atoms with Crippen molar-refractivity contribution in [1.29, 1.82) is 0 Å². The fourth-order valence-corrected chi connectivity index (χ4v) is 0.280. The lowest BCUT2D eigenvalue weighted by Crippen LogP contribution is -1.79. The molecule has 10 heavy (non-hydrogen) atoms. The summed E-state index contributed by atoms with van der Waals surface area (Å²) in [6, 6.07) is 0. The van der Waals surface area contributed by atoms with Gasteiger partial charge < -0.3 is 0 Å². The number of hydrogen-bond acceptors (Lipinski definition) is 2. The van der Waals surface area contributed by atoms with E-state index in [2.05, 4.69) is 10.2 Å². The topological polar surface area (TPSA) is 24.7 Å². The van der Waals surface area contributed by atoms with E-state index in [1.165, 1.54) is 19.2 Å². The third kappa shape index (κ3) is 5.08. The normalized spacial score (nSPS) is 13.7. The number of hydrogen-bond donors (Lipinski definition) is 0. The molecule has 0 aromatic rings. The Labute approximate surface area is 57.9 Å². The van der Waals surface area contributed by atoms with Crippen molar-refractivity contribution in [2.75, 3.05) is 6.67 Å². The van der Waals surface area contributed by atoms with Gasteiger partial charge in [0.1, 0.15) is 6.67 Å². The SMILES string of the molecule is CC(/C=C\N=C\CF)=N/F. The summed E-state index contributed by atoms with van der Waals surface area (Å²) in [5, 5.41) is 2.35. The number of allylic oxidation sites excluding steroid dienone is 1. The van der Waals surface area contributed by atoms with Crippen molar-refractivity contribution < 1.29 is 8.87 Å². The zero-order chi connectivity index (χ0) is 7.82. The van der Waals surface area contributed by atoms with Crippen molar-refractivity contribution in [3.05, 3.63) is 12.3 Å². The van der Waals surface area contributed by atoms with Crippen LogP contribution in [0.1, 0.15) is 6.92 Å². The van der Waals surface area contributed by atoms with Crippen molar-refractivity contribution in [1.82, 2.24) is 0 Å². The molecule has 0 aliphatic heterocycles. The van der Waals surface area contributed by atoms with Gasteiger partial charge in [-0.3, -0.25) is 4.99 Å². The highest BCUT2D eigenvalue weighted by Gasteiger charge is 1.77. The average Bonchev–Trinajstić information content (AvgIpc) is 1.98. The first-order valence-corrected chi connectivity index (χ1v) is 2.71. The molecule has 0 amide bonds. The lowest BCUT2D eigenvalue weighted by atomic mass is 10.4. The van der Waals surface area contributed by atoms with E-state index >= 15 is 0 Å². The summed E-state index contributed by atoms with van der Waals surface area (Å²) in [5.74, 6) is 0. The van der Waals surface area contributed by atoms with Crippen LogP contribution in [0.3, 0.4) is 0 Å². The Balaban J connectivity index is 3.66. The van der Waals surface area contributed by atoms with Crippen LogP contribution >= 0.6 is 0 Å². The molecule has 0 saturated heterocycles. The number of halogens is 2. The van der Waals surface area contributed by atoms with Crippen LogP contribution in [-0.4, -0.2) is 18.6 Å². The van der Waals surface area contributed by atoms with Crippen molar-refractivity contribution in [2.24, 2.45) is 10.2 Å². The Morgan fingerprint density at radius 1 is 1.60 bits per heavy atom. The quantitative estimate of drug-likeness (QED) is 0.543. The molecular weight excluding hydrogens is 138 g/mol. The highest BCUT2D eigenvalue weighted by Crippen LogP contribution is 1.82. The highest BCUT2D eigenvalue weighted by atomic mass is 19.2. The van der Waals surface area contributed by atoms with E-state index in [-0.39, 0.29) is 5.71 Å². The van der Waals surface area contributed by atoms with Crippen LogP contribution in [0, 0.1) is 0 Å². The third-order valence-electron chi connectivity index (χ3n) is 0.710. The average molecular weight is 146 g/mol. The second-order valence-corrected chi connectivity index (χ2v) is 1.53. The van der Waals surface area contributed by atoms with E-state index in [0.29, 0.717) is 0 Å². The zero-order valence-electron chi connectivity index (χ0n) is 5.59. The molecule has 56 valence electrons. The summed E-state index contributed by atoms with van der Waals surface area (Å²) in [5.41, 5.74) is 0.205. The van der Waals surface area contributed by atoms with Crippen LogP contribution in [0.4, 0.5) is 8.87 Å². The monoisotopic (exact) mass is 146 g/mol. The molecule has 0 spiro atoms. The van der Waals surface area contributed by atoms with Crippen molar-refractivity contribution in [3.8, 4) is 0 Å². The van der Waals surface area contributed by atoms with Gasteiger partial charge in [-0.15, -0.1) is 0 Å². The maximum Gasteiger partial charge on any atom is 0.125 e. The molecule has 0 bridgehead atoms. The van der Waals surface area contributed by atoms with Crippen LogP contribution in [-0.2, 0) is 0 Å². The van der Waals surface area contributed by atoms with Gasteiger partial charge >= 0.3 is 0 Å². The number of nitrogens with zero attached hydrogens (tertiary/aromatic N) is 2. The minimum absolute atomic E-state index is 0.205. The molecule has 0 saturated carbocycles. The summed E-state index contributed by atoms with van der Waals surface area (Å²) in [6.07, 6.45) is 3.69. The number of aliphatic imine (C=N–C) groups is 1. The first-order chi connectivity index (χ1) is 4.81. The van der Waals surface area contributed by atoms with E-state index in [1.54, 1.807) is 0 Å². The van der Waals surface area contributed by atoms with E-state index in [1.807, 2.05) is 0 Å². The predicted octanol–water partition coefficient (Wildman–Crippen LogP) is 1.89. The Morgan fingerprint density at radius 2 is 2.30 bits per heavy atom. The Kier molecular flexibility index (Phi) is 5.42. The molecule has 0 aromatic heterocycles. The van der Waals surface area contributed by atoms with Gasteiger partial charge in [-0.2, -0.15) is 0 Å². The van der Waals surface area contributed by atoms with E-state index in [0.717, 1.165) is 6.21 Å². The third-order valence-corrected chi connectivity index (χ3v) is 0.710. The largest absolute Gasteiger partial charge is 0.266 e. The van der Waals surface area contributed by atoms with Crippen molar-refractivity contribution in [2.45, 2.75) is 6.92 Å². The molecule has 0 rings (SSSR count). The summed E-state index contributed by atoms with van der Waals surface area (Å²) in [6.45, 7) is 0.859. The standard InChI is InChI=1S/C6H8F2N2/c1-6(10-8)2-4-9-5-3-7/h2,4-5H,3H2,1H3/b4-2-,9-5+,10-6-. The van der Waals surface area contributed by atoms with Gasteiger partial charge in [-0.25, -0.2) is 4.39 Å². The number of rotatable bonds is 3. The van der Waals surface area contributed by atoms with Crippen LogP contribution in [0.5, 0.6) is 0 Å². The molecular formula is C6H8F2N2. The van der Waals surface area contributed by atoms with E-state index in [9.17, 15) is 8.87 Å². The first kappa shape index (κ1) is 8.94. The van der Waals surface area contributed by atoms with Crippen molar-refractivity contribution in [3.63, 3.8) is 0 Å². The smallest absolute Gasteiger partial charge is 0.125 e. The fraction of sp³-hybridized carbons (Fsp3) is 0.333. The Morgan fingerprint density at radius 3 is 2.80 bits per heavy atom. The van der Waals surface area contributed by atoms with Gasteiger partial charge in [0.15, 0.2) is 0 Å². The molecule has 0 unspecified atom stereocenters. The maximum absolute atomic E-state index is 11.3. The maximum atomic E-state index is 11.3. The van der Waals surface area contributed by atoms with Gasteiger partial charge in [0.05, 0.1) is 5.71 Å². The van der Waals surface area contributed by atoms with Gasteiger partial charge in [0.2, 0.25) is 0 Å². The lowest BCUT2D eigenvalue weighted by molar-refractivity contribution is 0.537. The minimum atomic E-state index is -0.615. The highest BCUT2D eigenvalue weighted by molar-refractivity contribution is 5.92. The molecule has 4 heteroatoms. The Hall–Kier alpha value is -1.06. The molecule has 0 aliphatic carbocycles. The molecule has 0 aliphatic rings. The van der Waals surface area contributed by atoms with Crippen LogP contribution < -0.4 is 0 Å². The predicted molar refractivity (Wildman–Crippen MR) is 37.8 cm³/mol. The van der Waals surface area contributed by atoms with Crippen LogP contribution in [0.15, 0.2) is 22.5 Å². The molecule has 0 radical (unpaired) electrons. The summed E-state index contributed by atoms with van der Waals surface area (Å²) < 4.78 is 22.6. The molecule has 0 fully saturated rings. The van der Waals surface area contributed by atoms with Gasteiger partial charge in [0, 0.05) is 12.4 Å². The Bertz CT molecular complexity index is 161. The molecule has 0 heterocycles. The zero-order valence-corrected chi connectivity index (χ0v) is 5.59. The molecule has 0 aromatic carbocycles. The van der Waals surface area contributed by atoms with E-state index in [4.69, 9.17) is 0 Å². The van der Waals surface area contributed by atoms with Gasteiger partial charge in [0.25, 0.3) is 0 Å². The molecule has 0 N–H and O–H groups in total. The molecule has 2 nitrogen and oxygen atoms in total. The van der Waals surface area contributed by atoms with Crippen LogP contribution in [0.25, 0.3) is 0 Å². The van der Waals surface area contributed by atoms with Crippen molar-refractivity contribution >= 4 is 11.9 Å². The summed E-state index contributed by atoms with van der Waals surface area (Å²) in [7, 11) is 0. The van der Waals surface area contributed by atoms with E-state index < -0.39 is 6.67 Å². The minimum Gasteiger partial charge on any atom is -0.266 e. The van der Waals surface area contributed by atoms with Gasteiger partial charge in [-0.1, -0.05) is 9.70 Å². The molecule has 0 atom stereocenters. The second-order valence-electron chi connectivity index (χ2n) is 1.53. The fourth-order valence-electron chi connectivity index (χ4n) is 0.280.